The zero-order valence-electron chi connectivity index (χ0n) is 20.5. The Morgan fingerprint density at radius 3 is 2.22 bits per heavy atom. The lowest BCUT2D eigenvalue weighted by atomic mass is 10.0. The Morgan fingerprint density at radius 2 is 1.61 bits per heavy atom. The summed E-state index contributed by atoms with van der Waals surface area (Å²) in [6, 6.07) is 20.7. The molecule has 190 valence electrons. The molecule has 0 radical (unpaired) electrons. The van der Waals surface area contributed by atoms with Crippen molar-refractivity contribution in [3.05, 3.63) is 94.0 Å². The lowest BCUT2D eigenvalue weighted by Gasteiger charge is -2.32. The van der Waals surface area contributed by atoms with Crippen molar-refractivity contribution in [3.63, 3.8) is 0 Å². The molecule has 0 aromatic heterocycles. The van der Waals surface area contributed by atoms with Crippen molar-refractivity contribution in [2.75, 3.05) is 13.7 Å². The maximum Gasteiger partial charge on any atom is 0.261 e. The fourth-order valence-electron chi connectivity index (χ4n) is 3.67. The van der Waals surface area contributed by atoms with E-state index in [1.54, 1.807) is 49.6 Å². The van der Waals surface area contributed by atoms with Gasteiger partial charge in [-0.2, -0.15) is 0 Å². The Balaban J connectivity index is 1.91. The molecule has 3 aromatic carbocycles. The molecule has 0 aliphatic carbocycles. The Kier molecular flexibility index (Phi) is 10.0. The van der Waals surface area contributed by atoms with E-state index in [0.717, 1.165) is 5.56 Å². The van der Waals surface area contributed by atoms with Gasteiger partial charge in [0.1, 0.15) is 17.5 Å². The first-order valence-corrected chi connectivity index (χ1v) is 12.4. The second-order valence-corrected chi connectivity index (χ2v) is 9.43. The van der Waals surface area contributed by atoms with E-state index in [0.29, 0.717) is 33.5 Å². The summed E-state index contributed by atoms with van der Waals surface area (Å²) < 4.78 is 10.9. The molecule has 8 heteroatoms. The summed E-state index contributed by atoms with van der Waals surface area (Å²) in [7, 11) is 1.58. The fourth-order valence-corrected chi connectivity index (χ4v) is 4.14. The molecule has 2 amide bonds. The molecule has 0 spiro atoms. The van der Waals surface area contributed by atoms with E-state index in [4.69, 9.17) is 32.7 Å². The van der Waals surface area contributed by atoms with Crippen LogP contribution in [0.2, 0.25) is 10.0 Å². The lowest BCUT2D eigenvalue weighted by Crippen LogP contribution is -2.52. The molecule has 3 rings (SSSR count). The van der Waals surface area contributed by atoms with Crippen LogP contribution in [0.15, 0.2) is 72.8 Å². The third kappa shape index (κ3) is 7.90. The largest absolute Gasteiger partial charge is 0.497 e. The van der Waals surface area contributed by atoms with Crippen LogP contribution in [-0.2, 0) is 22.6 Å². The summed E-state index contributed by atoms with van der Waals surface area (Å²) in [5.41, 5.74) is 1.60. The molecule has 6 nitrogen and oxygen atoms in total. The van der Waals surface area contributed by atoms with E-state index in [-0.39, 0.29) is 31.0 Å². The van der Waals surface area contributed by atoms with Crippen molar-refractivity contribution in [1.29, 1.82) is 0 Å². The van der Waals surface area contributed by atoms with Gasteiger partial charge in [-0.3, -0.25) is 9.59 Å². The number of hydrogen-bond donors (Lipinski definition) is 1. The summed E-state index contributed by atoms with van der Waals surface area (Å²) in [6.07, 6.45) is 0.332. The zero-order valence-corrected chi connectivity index (χ0v) is 22.1. The minimum absolute atomic E-state index is 0.0950. The smallest absolute Gasteiger partial charge is 0.261 e. The summed E-state index contributed by atoms with van der Waals surface area (Å²) in [5.74, 6) is 0.592. The number of hydrogen-bond acceptors (Lipinski definition) is 4. The molecule has 1 atom stereocenters. The standard InChI is InChI=1S/C28H30Cl2N2O4/c1-19(2)31-28(34)26(15-20-7-5-4-6-8-20)32(17-21-9-10-22(29)16-25(21)30)27(33)18-36-24-13-11-23(35-3)12-14-24/h4-14,16,19,26H,15,17-18H2,1-3H3,(H,31,34)/t26-/m1/s1. The number of nitrogens with zero attached hydrogens (tertiary/aromatic N) is 1. The first-order valence-electron chi connectivity index (χ1n) is 11.6. The normalized spacial score (nSPS) is 11.6. The second kappa shape index (κ2) is 13.2. The number of rotatable bonds is 11. The van der Waals surface area contributed by atoms with Crippen LogP contribution >= 0.6 is 23.2 Å². The van der Waals surface area contributed by atoms with E-state index < -0.39 is 6.04 Å². The number of amides is 2. The predicted molar refractivity (Wildman–Crippen MR) is 143 cm³/mol. The van der Waals surface area contributed by atoms with Crippen LogP contribution < -0.4 is 14.8 Å². The van der Waals surface area contributed by atoms with Crippen molar-refractivity contribution < 1.29 is 19.1 Å². The van der Waals surface area contributed by atoms with E-state index in [1.165, 1.54) is 4.90 Å². The van der Waals surface area contributed by atoms with E-state index >= 15 is 0 Å². The number of ether oxygens (including phenoxy) is 2. The molecular weight excluding hydrogens is 499 g/mol. The van der Waals surface area contributed by atoms with Crippen molar-refractivity contribution >= 4 is 35.0 Å². The third-order valence-corrected chi connectivity index (χ3v) is 6.07. The van der Waals surface area contributed by atoms with Crippen molar-refractivity contribution in [1.82, 2.24) is 10.2 Å². The molecule has 0 saturated carbocycles. The van der Waals surface area contributed by atoms with Crippen molar-refractivity contribution in [2.45, 2.75) is 38.9 Å². The summed E-state index contributed by atoms with van der Waals surface area (Å²) >= 11 is 12.5. The number of methoxy groups -OCH3 is 1. The molecule has 0 bridgehead atoms. The van der Waals surface area contributed by atoms with Gasteiger partial charge in [0.25, 0.3) is 5.91 Å². The zero-order chi connectivity index (χ0) is 26.1. The quantitative estimate of drug-likeness (QED) is 0.354. The van der Waals surface area contributed by atoms with Crippen LogP contribution in [0.25, 0.3) is 0 Å². The monoisotopic (exact) mass is 528 g/mol. The number of carbonyl (C=O) groups excluding carboxylic acids is 2. The highest BCUT2D eigenvalue weighted by Crippen LogP contribution is 2.24. The third-order valence-electron chi connectivity index (χ3n) is 5.48. The maximum atomic E-state index is 13.6. The van der Waals surface area contributed by atoms with Crippen LogP contribution in [0.5, 0.6) is 11.5 Å². The molecule has 1 N–H and O–H groups in total. The fraction of sp³-hybridized carbons (Fsp3) is 0.286. The molecule has 0 heterocycles. The minimum Gasteiger partial charge on any atom is -0.497 e. The van der Waals surface area contributed by atoms with Gasteiger partial charge in [-0.25, -0.2) is 0 Å². The van der Waals surface area contributed by atoms with Crippen LogP contribution in [0.3, 0.4) is 0 Å². The molecular formula is C28H30Cl2N2O4. The summed E-state index contributed by atoms with van der Waals surface area (Å²) in [6.45, 7) is 3.63. The Labute approximate surface area is 222 Å². The first kappa shape index (κ1) is 27.4. The van der Waals surface area contributed by atoms with Gasteiger partial charge in [0.15, 0.2) is 6.61 Å². The van der Waals surface area contributed by atoms with Crippen LogP contribution in [0, 0.1) is 0 Å². The van der Waals surface area contributed by atoms with Gasteiger partial charge in [-0.05, 0) is 61.4 Å². The second-order valence-electron chi connectivity index (χ2n) is 8.59. The van der Waals surface area contributed by atoms with Gasteiger partial charge in [0, 0.05) is 29.1 Å². The summed E-state index contributed by atoms with van der Waals surface area (Å²) in [5, 5.41) is 3.86. The maximum absolute atomic E-state index is 13.6. The predicted octanol–water partition coefficient (Wildman–Crippen LogP) is 5.55. The molecule has 0 fully saturated rings. The van der Waals surface area contributed by atoms with Crippen LogP contribution in [0.4, 0.5) is 0 Å². The highest BCUT2D eigenvalue weighted by Gasteiger charge is 2.31. The summed E-state index contributed by atoms with van der Waals surface area (Å²) in [4.78, 5) is 28.5. The topological polar surface area (TPSA) is 67.9 Å². The highest BCUT2D eigenvalue weighted by atomic mass is 35.5. The van der Waals surface area contributed by atoms with Gasteiger partial charge < -0.3 is 19.7 Å². The molecule has 0 unspecified atom stereocenters. The van der Waals surface area contributed by atoms with Gasteiger partial charge >= 0.3 is 0 Å². The van der Waals surface area contributed by atoms with Gasteiger partial charge in [-0.1, -0.05) is 59.6 Å². The molecule has 36 heavy (non-hydrogen) atoms. The molecule has 0 aliphatic rings. The highest BCUT2D eigenvalue weighted by molar-refractivity contribution is 6.35. The van der Waals surface area contributed by atoms with E-state index in [2.05, 4.69) is 5.32 Å². The van der Waals surface area contributed by atoms with Gasteiger partial charge in [0.2, 0.25) is 5.91 Å². The van der Waals surface area contributed by atoms with Crippen molar-refractivity contribution in [2.24, 2.45) is 0 Å². The molecule has 0 saturated heterocycles. The lowest BCUT2D eigenvalue weighted by molar-refractivity contribution is -0.143. The van der Waals surface area contributed by atoms with Crippen LogP contribution in [-0.4, -0.2) is 42.5 Å². The Hall–Kier alpha value is -3.22. The van der Waals surface area contributed by atoms with E-state index in [1.807, 2.05) is 44.2 Å². The number of nitrogens with one attached hydrogen (secondary N) is 1. The molecule has 0 aliphatic heterocycles. The Morgan fingerprint density at radius 1 is 0.944 bits per heavy atom. The first-order chi connectivity index (χ1) is 17.3. The van der Waals surface area contributed by atoms with Crippen LogP contribution in [0.1, 0.15) is 25.0 Å². The average Bonchev–Trinajstić information content (AvgIpc) is 2.86. The van der Waals surface area contributed by atoms with Gasteiger partial charge in [-0.15, -0.1) is 0 Å². The minimum atomic E-state index is -0.784. The molecule has 3 aromatic rings. The van der Waals surface area contributed by atoms with Gasteiger partial charge in [0.05, 0.1) is 7.11 Å². The van der Waals surface area contributed by atoms with Crippen molar-refractivity contribution in [3.8, 4) is 11.5 Å². The Bertz CT molecular complexity index is 1150. The van der Waals surface area contributed by atoms with E-state index in [9.17, 15) is 9.59 Å². The number of benzene rings is 3. The average molecular weight is 529 g/mol. The number of carbonyl (C=O) groups is 2. The number of halogens is 2. The SMILES string of the molecule is COc1ccc(OCC(=O)N(Cc2ccc(Cl)cc2Cl)[C@H](Cc2ccccc2)C(=O)NC(C)C)cc1.